The Morgan fingerprint density at radius 3 is 2.87 bits per heavy atom. The van der Waals surface area contributed by atoms with E-state index in [1.165, 1.54) is 0 Å². The lowest BCUT2D eigenvalue weighted by atomic mass is 10.2. The normalized spacial score (nSPS) is 12.5. The topological polar surface area (TPSA) is 67.8 Å². The third kappa shape index (κ3) is 9.65. The molecule has 0 radical (unpaired) electrons. The Bertz CT molecular complexity index is 164. The largest absolute Gasteiger partial charge is 0.464 e. The van der Waals surface area contributed by atoms with Crippen LogP contribution in [0.2, 0.25) is 0 Å². The summed E-state index contributed by atoms with van der Waals surface area (Å²) < 4.78 is 9.75. The third-order valence-electron chi connectivity index (χ3n) is 1.75. The molecule has 0 rings (SSSR count). The van der Waals surface area contributed by atoms with Crippen LogP contribution in [-0.2, 0) is 14.3 Å². The molecule has 0 aromatic rings. The molecular weight excluding hydrogens is 198 g/mol. The van der Waals surface area contributed by atoms with E-state index in [4.69, 9.17) is 9.84 Å². The van der Waals surface area contributed by atoms with Crippen LogP contribution in [0.1, 0.15) is 13.8 Å². The summed E-state index contributed by atoms with van der Waals surface area (Å²) in [5.74, 6) is -0.0868. The molecule has 1 unspecified atom stereocenters. The predicted molar refractivity (Wildman–Crippen MR) is 56.6 cm³/mol. The summed E-state index contributed by atoms with van der Waals surface area (Å²) in [6, 6.07) is 0. The molecule has 0 heterocycles. The van der Waals surface area contributed by atoms with Crippen molar-refractivity contribution in [2.45, 2.75) is 13.8 Å². The van der Waals surface area contributed by atoms with Gasteiger partial charge in [-0.25, -0.2) is 4.79 Å². The average Bonchev–Trinajstić information content (AvgIpc) is 2.23. The van der Waals surface area contributed by atoms with Crippen LogP contribution < -0.4 is 5.32 Å². The van der Waals surface area contributed by atoms with E-state index in [0.717, 1.165) is 6.54 Å². The molecule has 1 atom stereocenters. The Labute approximate surface area is 90.8 Å². The van der Waals surface area contributed by atoms with E-state index in [0.29, 0.717) is 19.8 Å². The molecule has 2 N–H and O–H groups in total. The first-order chi connectivity index (χ1) is 7.20. The van der Waals surface area contributed by atoms with Crippen LogP contribution in [0.5, 0.6) is 0 Å². The fourth-order valence-corrected chi connectivity index (χ4v) is 0.916. The fourth-order valence-electron chi connectivity index (χ4n) is 0.916. The van der Waals surface area contributed by atoms with Gasteiger partial charge >= 0.3 is 5.97 Å². The van der Waals surface area contributed by atoms with Crippen LogP contribution in [0, 0.1) is 5.92 Å². The van der Waals surface area contributed by atoms with Gasteiger partial charge in [0.1, 0.15) is 6.61 Å². The molecule has 5 nitrogen and oxygen atoms in total. The van der Waals surface area contributed by atoms with Gasteiger partial charge in [0.25, 0.3) is 0 Å². The van der Waals surface area contributed by atoms with Crippen molar-refractivity contribution in [1.29, 1.82) is 0 Å². The highest BCUT2D eigenvalue weighted by molar-refractivity contribution is 5.70. The number of aliphatic hydroxyl groups is 1. The van der Waals surface area contributed by atoms with E-state index >= 15 is 0 Å². The van der Waals surface area contributed by atoms with Crippen molar-refractivity contribution in [3.63, 3.8) is 0 Å². The number of carbonyl (C=O) groups excluding carboxylic acids is 1. The maximum Gasteiger partial charge on any atom is 0.332 e. The maximum absolute atomic E-state index is 10.8. The summed E-state index contributed by atoms with van der Waals surface area (Å²) in [5.41, 5.74) is 0. The van der Waals surface area contributed by atoms with Crippen LogP contribution >= 0.6 is 0 Å². The average molecular weight is 219 g/mol. The first-order valence-corrected chi connectivity index (χ1v) is 5.25. The van der Waals surface area contributed by atoms with E-state index in [2.05, 4.69) is 10.1 Å². The number of aliphatic hydroxyl groups excluding tert-OH is 1. The zero-order chi connectivity index (χ0) is 11.5. The van der Waals surface area contributed by atoms with Gasteiger partial charge in [-0.15, -0.1) is 0 Å². The highest BCUT2D eigenvalue weighted by Crippen LogP contribution is 1.88. The Hall–Kier alpha value is -0.650. The van der Waals surface area contributed by atoms with Crippen molar-refractivity contribution in [3.8, 4) is 0 Å². The van der Waals surface area contributed by atoms with E-state index in [9.17, 15) is 4.79 Å². The molecule has 0 aliphatic carbocycles. The van der Waals surface area contributed by atoms with Crippen LogP contribution in [0.25, 0.3) is 0 Å². The molecule has 15 heavy (non-hydrogen) atoms. The van der Waals surface area contributed by atoms with E-state index in [-0.39, 0.29) is 25.1 Å². The Balaban J connectivity index is 3.14. The summed E-state index contributed by atoms with van der Waals surface area (Å²) >= 11 is 0. The van der Waals surface area contributed by atoms with E-state index < -0.39 is 0 Å². The summed E-state index contributed by atoms with van der Waals surface area (Å²) in [4.78, 5) is 10.8. The molecular formula is C10H21NO4. The highest BCUT2D eigenvalue weighted by atomic mass is 16.6. The molecule has 0 aliphatic heterocycles. The number of ether oxygens (including phenoxy) is 2. The summed E-state index contributed by atoms with van der Waals surface area (Å²) in [5, 5.41) is 11.8. The molecule has 90 valence electrons. The second-order valence-corrected chi connectivity index (χ2v) is 3.35. The van der Waals surface area contributed by atoms with Crippen molar-refractivity contribution >= 4 is 5.97 Å². The van der Waals surface area contributed by atoms with Crippen molar-refractivity contribution in [2.75, 3.05) is 39.5 Å². The van der Waals surface area contributed by atoms with Gasteiger partial charge in [0.2, 0.25) is 0 Å². The molecule has 0 spiro atoms. The summed E-state index contributed by atoms with van der Waals surface area (Å²) in [6.07, 6.45) is 0. The van der Waals surface area contributed by atoms with Gasteiger partial charge in [-0.1, -0.05) is 6.92 Å². The molecule has 0 aliphatic rings. The van der Waals surface area contributed by atoms with E-state index in [1.54, 1.807) is 6.92 Å². The van der Waals surface area contributed by atoms with Crippen molar-refractivity contribution in [2.24, 2.45) is 5.92 Å². The lowest BCUT2D eigenvalue weighted by molar-refractivity contribution is -0.148. The van der Waals surface area contributed by atoms with Gasteiger partial charge in [0.05, 0.1) is 13.2 Å². The van der Waals surface area contributed by atoms with Crippen LogP contribution in [-0.4, -0.2) is 50.6 Å². The Kier molecular flexibility index (Phi) is 9.46. The third-order valence-corrected chi connectivity index (χ3v) is 1.75. The summed E-state index contributed by atoms with van der Waals surface area (Å²) in [7, 11) is 0. The maximum atomic E-state index is 10.8. The molecule has 0 aromatic carbocycles. The number of carbonyl (C=O) groups is 1. The predicted octanol–water partition coefficient (Wildman–Crippen LogP) is -0.216. The van der Waals surface area contributed by atoms with Crippen LogP contribution in [0.3, 0.4) is 0 Å². The molecule has 0 aromatic heterocycles. The number of rotatable bonds is 9. The minimum Gasteiger partial charge on any atom is -0.464 e. The van der Waals surface area contributed by atoms with Crippen molar-refractivity contribution in [3.05, 3.63) is 0 Å². The Morgan fingerprint density at radius 2 is 2.27 bits per heavy atom. The fraction of sp³-hybridized carbons (Fsp3) is 0.900. The molecule has 0 amide bonds. The second-order valence-electron chi connectivity index (χ2n) is 3.35. The number of hydrogen-bond acceptors (Lipinski definition) is 5. The number of esters is 1. The minimum absolute atomic E-state index is 0.00503. The summed E-state index contributed by atoms with van der Waals surface area (Å²) in [6.45, 7) is 6.17. The number of hydrogen-bond donors (Lipinski definition) is 2. The quantitative estimate of drug-likeness (QED) is 0.414. The monoisotopic (exact) mass is 219 g/mol. The van der Waals surface area contributed by atoms with Gasteiger partial charge < -0.3 is 19.9 Å². The highest BCUT2D eigenvalue weighted by Gasteiger charge is 2.01. The lowest BCUT2D eigenvalue weighted by Crippen LogP contribution is -2.27. The second kappa shape index (κ2) is 9.89. The molecule has 5 heteroatoms. The smallest absolute Gasteiger partial charge is 0.332 e. The minimum atomic E-state index is -0.332. The standard InChI is InChI=1S/C10H21NO4/c1-3-15-10(13)8-14-5-4-11-6-9(2)7-12/h9,11-12H,3-8H2,1-2H3. The first kappa shape index (κ1) is 14.3. The SMILES string of the molecule is CCOC(=O)COCCNCC(C)CO. The molecule has 0 bridgehead atoms. The van der Waals surface area contributed by atoms with Crippen molar-refractivity contribution in [1.82, 2.24) is 5.32 Å². The van der Waals surface area contributed by atoms with Crippen LogP contribution in [0.15, 0.2) is 0 Å². The first-order valence-electron chi connectivity index (χ1n) is 5.25. The zero-order valence-electron chi connectivity index (χ0n) is 9.49. The van der Waals surface area contributed by atoms with Gasteiger partial charge in [-0.2, -0.15) is 0 Å². The van der Waals surface area contributed by atoms with Crippen LogP contribution in [0.4, 0.5) is 0 Å². The lowest BCUT2D eigenvalue weighted by Gasteiger charge is -2.09. The van der Waals surface area contributed by atoms with Gasteiger partial charge in [0, 0.05) is 13.2 Å². The molecule has 0 saturated carbocycles. The van der Waals surface area contributed by atoms with E-state index in [1.807, 2.05) is 6.92 Å². The number of nitrogens with one attached hydrogen (secondary N) is 1. The van der Waals surface area contributed by atoms with Gasteiger partial charge in [-0.3, -0.25) is 0 Å². The Morgan fingerprint density at radius 1 is 1.53 bits per heavy atom. The zero-order valence-corrected chi connectivity index (χ0v) is 9.49. The van der Waals surface area contributed by atoms with Gasteiger partial charge in [-0.05, 0) is 19.4 Å². The molecule has 0 saturated heterocycles. The van der Waals surface area contributed by atoms with Gasteiger partial charge in [0.15, 0.2) is 0 Å². The van der Waals surface area contributed by atoms with Crippen molar-refractivity contribution < 1.29 is 19.4 Å². The molecule has 0 fully saturated rings.